The second-order valence-electron chi connectivity index (χ2n) is 7.11. The van der Waals surface area contributed by atoms with Crippen LogP contribution in [0.5, 0.6) is 0 Å². The number of esters is 2. The van der Waals surface area contributed by atoms with Crippen LogP contribution in [0.4, 0.5) is 0 Å². The Bertz CT molecular complexity index is 516. The molecule has 1 saturated heterocycles. The molecule has 2 saturated carbocycles. The average Bonchev–Trinajstić information content (AvgIpc) is 3.18. The first-order chi connectivity index (χ1) is 11.4. The van der Waals surface area contributed by atoms with Gasteiger partial charge in [-0.2, -0.15) is 11.8 Å². The van der Waals surface area contributed by atoms with E-state index in [9.17, 15) is 9.59 Å². The van der Waals surface area contributed by atoms with E-state index in [0.29, 0.717) is 5.25 Å². The van der Waals surface area contributed by atoms with Gasteiger partial charge in [-0.3, -0.25) is 9.59 Å². The van der Waals surface area contributed by atoms with Gasteiger partial charge in [-0.25, -0.2) is 0 Å². The molecule has 8 heteroatoms. The van der Waals surface area contributed by atoms with Gasteiger partial charge in [0.2, 0.25) is 0 Å². The summed E-state index contributed by atoms with van der Waals surface area (Å²) in [4.78, 5) is 24.2. The van der Waals surface area contributed by atoms with Crippen LogP contribution in [0.15, 0.2) is 0 Å². The number of rotatable bonds is 8. The normalized spacial score (nSPS) is 37.8. The Morgan fingerprint density at radius 1 is 1.21 bits per heavy atom. The molecule has 0 spiro atoms. The fourth-order valence-corrected chi connectivity index (χ4v) is 8.30. The van der Waals surface area contributed by atoms with E-state index in [1.807, 2.05) is 18.7 Å². The molecule has 3 fully saturated rings. The summed E-state index contributed by atoms with van der Waals surface area (Å²) in [6.07, 6.45) is 2.93. The summed E-state index contributed by atoms with van der Waals surface area (Å²) in [7, 11) is 2.40. The maximum absolute atomic E-state index is 12.1. The highest BCUT2D eigenvalue weighted by Crippen LogP contribution is 2.65. The zero-order valence-electron chi connectivity index (χ0n) is 14.7. The number of hydrogen-bond acceptors (Lipinski definition) is 7. The minimum atomic E-state index is -2.50. The Hall–Kier alpha value is -0.413. The topological polar surface area (TPSA) is 71.1 Å². The molecule has 6 nitrogen and oxygen atoms in total. The van der Waals surface area contributed by atoms with E-state index >= 15 is 0 Å². The largest absolute Gasteiger partial charge is 0.500 e. The van der Waals surface area contributed by atoms with Crippen molar-refractivity contribution in [2.45, 2.75) is 37.5 Å². The number of carbonyl (C=O) groups excluding carboxylic acids is 2. The Balaban J connectivity index is 1.53. The third-order valence-electron chi connectivity index (χ3n) is 6.25. The minimum Gasteiger partial charge on any atom is -0.392 e. The van der Waals surface area contributed by atoms with E-state index in [1.165, 1.54) is 0 Å². The zero-order chi connectivity index (χ0) is 17.5. The van der Waals surface area contributed by atoms with Gasteiger partial charge in [-0.15, -0.1) is 0 Å². The van der Waals surface area contributed by atoms with Crippen LogP contribution >= 0.6 is 11.8 Å². The molecule has 0 aromatic heterocycles. The third-order valence-corrected chi connectivity index (χ3v) is 10.6. The Kier molecular flexibility index (Phi) is 5.14. The molecule has 3 rings (SSSR count). The van der Waals surface area contributed by atoms with Gasteiger partial charge >= 0.3 is 20.7 Å². The van der Waals surface area contributed by atoms with Gasteiger partial charge in [0.1, 0.15) is 0 Å². The van der Waals surface area contributed by atoms with Gasteiger partial charge in [-0.1, -0.05) is 0 Å². The summed E-state index contributed by atoms with van der Waals surface area (Å²) in [5.41, 5.74) is -0.566. The third kappa shape index (κ3) is 2.67. The molecule has 2 bridgehead atoms. The lowest BCUT2D eigenvalue weighted by molar-refractivity contribution is -0.156. The molecule has 3 aliphatic rings. The van der Waals surface area contributed by atoms with Crippen LogP contribution in [0.1, 0.15) is 26.2 Å². The quantitative estimate of drug-likeness (QED) is 0.279. The second-order valence-corrected chi connectivity index (χ2v) is 11.5. The van der Waals surface area contributed by atoms with E-state index in [1.54, 1.807) is 21.3 Å². The van der Waals surface area contributed by atoms with Crippen molar-refractivity contribution in [2.24, 2.45) is 23.2 Å². The van der Waals surface area contributed by atoms with Gasteiger partial charge in [0.05, 0.1) is 11.3 Å². The predicted molar refractivity (Wildman–Crippen MR) is 91.4 cm³/mol. The molecular formula is C16H26O6SSi. The number of thioether (sulfide) groups is 1. The van der Waals surface area contributed by atoms with Crippen molar-refractivity contribution in [1.82, 2.24) is 0 Å². The highest BCUT2D eigenvalue weighted by Gasteiger charge is 2.70. The molecule has 0 aromatic carbocycles. The molecule has 1 heterocycles. The standard InChI is InChI=1S/C16H26O6SSi/c1-16-10-8-11(13(16)14(17)22-15(16)18)12(9-10)23-6-5-7-24(19-2,20-3)21-4/h10-13H,5-9H2,1-4H3. The van der Waals surface area contributed by atoms with Crippen molar-refractivity contribution in [3.05, 3.63) is 0 Å². The zero-order valence-corrected chi connectivity index (χ0v) is 16.5. The van der Waals surface area contributed by atoms with Gasteiger partial charge in [0.25, 0.3) is 0 Å². The molecule has 0 radical (unpaired) electrons. The number of ether oxygens (including phenoxy) is 1. The Labute approximate surface area is 148 Å². The molecule has 2 aliphatic carbocycles. The lowest BCUT2D eigenvalue weighted by Crippen LogP contribution is -2.42. The van der Waals surface area contributed by atoms with Gasteiger partial charge in [0.15, 0.2) is 0 Å². The van der Waals surface area contributed by atoms with Crippen LogP contribution in [-0.4, -0.2) is 53.1 Å². The number of fused-ring (bicyclic) bond motifs is 5. The van der Waals surface area contributed by atoms with Crippen LogP contribution in [-0.2, 0) is 27.6 Å². The summed E-state index contributed by atoms with van der Waals surface area (Å²) in [5, 5.41) is 0.440. The first-order valence-corrected chi connectivity index (χ1v) is 11.4. The van der Waals surface area contributed by atoms with E-state index < -0.39 is 14.2 Å². The molecule has 0 N–H and O–H groups in total. The SMILES string of the molecule is CO[Si](CCCSC1CC2CC1C1C(=O)OC(=O)C21C)(OC)OC. The Morgan fingerprint density at radius 3 is 2.50 bits per heavy atom. The first-order valence-electron chi connectivity index (χ1n) is 8.45. The Morgan fingerprint density at radius 2 is 1.88 bits per heavy atom. The maximum Gasteiger partial charge on any atom is 0.500 e. The molecule has 0 amide bonds. The lowest BCUT2D eigenvalue weighted by atomic mass is 9.69. The fraction of sp³-hybridized carbons (Fsp3) is 0.875. The van der Waals surface area contributed by atoms with Crippen molar-refractivity contribution >= 4 is 32.5 Å². The van der Waals surface area contributed by atoms with Crippen LogP contribution in [0.3, 0.4) is 0 Å². The van der Waals surface area contributed by atoms with Crippen molar-refractivity contribution in [3.8, 4) is 0 Å². The molecular weight excluding hydrogens is 348 g/mol. The van der Waals surface area contributed by atoms with E-state index in [-0.39, 0.29) is 29.7 Å². The summed E-state index contributed by atoms with van der Waals surface area (Å²) < 4.78 is 21.3. The number of hydrogen-bond donors (Lipinski definition) is 0. The molecule has 1 aliphatic heterocycles. The second kappa shape index (κ2) is 6.72. The number of carbonyl (C=O) groups is 2. The van der Waals surface area contributed by atoms with Crippen LogP contribution in [0, 0.1) is 23.2 Å². The molecule has 0 aromatic rings. The van der Waals surface area contributed by atoms with Crippen molar-refractivity contribution in [1.29, 1.82) is 0 Å². The average molecular weight is 375 g/mol. The predicted octanol–water partition coefficient (Wildman–Crippen LogP) is 2.10. The van der Waals surface area contributed by atoms with Crippen molar-refractivity contribution in [2.75, 3.05) is 27.1 Å². The summed E-state index contributed by atoms with van der Waals surface area (Å²) in [6, 6.07) is 0.784. The molecule has 5 unspecified atom stereocenters. The van der Waals surface area contributed by atoms with Gasteiger partial charge in [0, 0.05) is 32.6 Å². The minimum absolute atomic E-state index is 0.230. The van der Waals surface area contributed by atoms with Crippen molar-refractivity contribution in [3.63, 3.8) is 0 Å². The summed E-state index contributed by atoms with van der Waals surface area (Å²) in [6.45, 7) is 1.92. The van der Waals surface area contributed by atoms with Crippen LogP contribution in [0.2, 0.25) is 6.04 Å². The molecule has 136 valence electrons. The summed E-state index contributed by atoms with van der Waals surface area (Å²) >= 11 is 1.91. The highest BCUT2D eigenvalue weighted by molar-refractivity contribution is 7.99. The van der Waals surface area contributed by atoms with Crippen LogP contribution in [0.25, 0.3) is 0 Å². The smallest absolute Gasteiger partial charge is 0.392 e. The molecule has 24 heavy (non-hydrogen) atoms. The monoisotopic (exact) mass is 374 g/mol. The maximum atomic E-state index is 12.1. The van der Waals surface area contributed by atoms with E-state index in [2.05, 4.69) is 0 Å². The van der Waals surface area contributed by atoms with Crippen molar-refractivity contribution < 1.29 is 27.6 Å². The van der Waals surface area contributed by atoms with E-state index in [4.69, 9.17) is 18.0 Å². The lowest BCUT2D eigenvalue weighted by Gasteiger charge is -2.34. The number of cyclic esters (lactones) is 2. The first kappa shape index (κ1) is 18.4. The van der Waals surface area contributed by atoms with Gasteiger partial charge in [-0.05, 0) is 43.8 Å². The van der Waals surface area contributed by atoms with Crippen LogP contribution < -0.4 is 0 Å². The van der Waals surface area contributed by atoms with Gasteiger partial charge < -0.3 is 18.0 Å². The summed E-state index contributed by atoms with van der Waals surface area (Å²) in [5.74, 6) is 0.708. The highest BCUT2D eigenvalue weighted by atomic mass is 32.2. The fourth-order valence-electron chi connectivity index (χ4n) is 4.82. The van der Waals surface area contributed by atoms with E-state index in [0.717, 1.165) is 31.1 Å². The molecule has 5 atom stereocenters.